The lowest BCUT2D eigenvalue weighted by molar-refractivity contribution is -0.133. The summed E-state index contributed by atoms with van der Waals surface area (Å²) in [5, 5.41) is 0.365. The van der Waals surface area contributed by atoms with Crippen molar-refractivity contribution >= 4 is 22.7 Å². The van der Waals surface area contributed by atoms with Gasteiger partial charge in [-0.1, -0.05) is 25.1 Å². The highest BCUT2D eigenvalue weighted by Crippen LogP contribution is 2.19. The van der Waals surface area contributed by atoms with E-state index in [9.17, 15) is 23.6 Å². The quantitative estimate of drug-likeness (QED) is 0.655. The van der Waals surface area contributed by atoms with Crippen molar-refractivity contribution in [2.24, 2.45) is 0 Å². The van der Waals surface area contributed by atoms with E-state index >= 15 is 0 Å². The van der Waals surface area contributed by atoms with Crippen LogP contribution in [0, 0.1) is 5.82 Å². The van der Waals surface area contributed by atoms with Crippen molar-refractivity contribution in [2.75, 3.05) is 19.6 Å². The molecule has 9 heteroatoms. The van der Waals surface area contributed by atoms with Crippen molar-refractivity contribution in [3.63, 3.8) is 0 Å². The summed E-state index contributed by atoms with van der Waals surface area (Å²) in [7, 11) is 0. The number of aromatic amines is 1. The van der Waals surface area contributed by atoms with E-state index in [-0.39, 0.29) is 24.1 Å². The number of rotatable bonds is 4. The standard InChI is InChI=1S/C24H25FN4O4/c1-3-17-14-27(10-11-28(17)15(2)30)23(32)19-12-16(8-9-20(19)25)13-29-21-7-5-4-6-18(21)22(31)26-24(29)33/h4-9,12,17H,3,10-11,13-14H2,1-2H3,(H,26,31,33)/t17-/m0/s1. The van der Waals surface area contributed by atoms with Crippen molar-refractivity contribution in [2.45, 2.75) is 32.9 Å². The van der Waals surface area contributed by atoms with Gasteiger partial charge < -0.3 is 9.80 Å². The number of nitrogens with zero attached hydrogens (tertiary/aromatic N) is 3. The number of fused-ring (bicyclic) bond motifs is 1. The molecule has 0 saturated carbocycles. The Morgan fingerprint density at radius 1 is 1.12 bits per heavy atom. The molecule has 1 aliphatic rings. The van der Waals surface area contributed by atoms with Gasteiger partial charge in [0.2, 0.25) is 5.91 Å². The maximum atomic E-state index is 14.7. The molecule has 0 radical (unpaired) electrons. The third-order valence-corrected chi connectivity index (χ3v) is 6.15. The van der Waals surface area contributed by atoms with Crippen LogP contribution in [-0.2, 0) is 11.3 Å². The summed E-state index contributed by atoms with van der Waals surface area (Å²) in [5.74, 6) is -1.14. The molecule has 3 aromatic rings. The SMILES string of the molecule is CC[C@H]1CN(C(=O)c2cc(Cn3c(=O)[nH]c(=O)c4ccccc43)ccc2F)CCN1C(C)=O. The molecule has 172 valence electrons. The van der Waals surface area contributed by atoms with Crippen LogP contribution in [0.1, 0.15) is 36.2 Å². The van der Waals surface area contributed by atoms with E-state index in [0.717, 1.165) is 0 Å². The number of amides is 2. The smallest absolute Gasteiger partial charge is 0.329 e. The number of hydrogen-bond donors (Lipinski definition) is 1. The summed E-state index contributed by atoms with van der Waals surface area (Å²) in [6.45, 7) is 4.57. The van der Waals surface area contributed by atoms with Gasteiger partial charge in [-0.15, -0.1) is 0 Å². The Balaban J connectivity index is 1.64. The molecular weight excluding hydrogens is 427 g/mol. The molecule has 8 nitrogen and oxygen atoms in total. The fourth-order valence-corrected chi connectivity index (χ4v) is 4.39. The molecule has 4 rings (SSSR count). The monoisotopic (exact) mass is 452 g/mol. The number of H-pyrrole nitrogens is 1. The van der Waals surface area contributed by atoms with Crippen LogP contribution in [0.4, 0.5) is 4.39 Å². The number of halogens is 1. The normalized spacial score (nSPS) is 16.3. The van der Waals surface area contributed by atoms with Crippen LogP contribution in [0.25, 0.3) is 10.9 Å². The first-order valence-electron chi connectivity index (χ1n) is 10.9. The molecule has 0 bridgehead atoms. The minimum absolute atomic E-state index is 0.0410. The fourth-order valence-electron chi connectivity index (χ4n) is 4.39. The maximum absolute atomic E-state index is 14.7. The highest BCUT2D eigenvalue weighted by molar-refractivity contribution is 5.95. The lowest BCUT2D eigenvalue weighted by Gasteiger charge is -2.40. The van der Waals surface area contributed by atoms with Crippen LogP contribution < -0.4 is 11.2 Å². The minimum Gasteiger partial charge on any atom is -0.336 e. The van der Waals surface area contributed by atoms with Gasteiger partial charge in [-0.25, -0.2) is 9.18 Å². The zero-order valence-electron chi connectivity index (χ0n) is 18.5. The van der Waals surface area contributed by atoms with E-state index in [2.05, 4.69) is 4.98 Å². The Kier molecular flexibility index (Phi) is 6.13. The molecule has 2 heterocycles. The van der Waals surface area contributed by atoms with Crippen LogP contribution in [0.3, 0.4) is 0 Å². The van der Waals surface area contributed by atoms with Gasteiger partial charge in [0, 0.05) is 32.6 Å². The van der Waals surface area contributed by atoms with Crippen LogP contribution in [0.2, 0.25) is 0 Å². The van der Waals surface area contributed by atoms with E-state index in [1.807, 2.05) is 6.92 Å². The van der Waals surface area contributed by atoms with Gasteiger partial charge in [0.25, 0.3) is 11.5 Å². The third kappa shape index (κ3) is 4.30. The van der Waals surface area contributed by atoms with E-state index in [1.54, 1.807) is 34.1 Å². The molecular formula is C24H25FN4O4. The van der Waals surface area contributed by atoms with Crippen molar-refractivity contribution in [3.05, 3.63) is 80.2 Å². The third-order valence-electron chi connectivity index (χ3n) is 6.15. The predicted octanol–water partition coefficient (Wildman–Crippen LogP) is 1.96. The van der Waals surface area contributed by atoms with Gasteiger partial charge in [-0.05, 0) is 36.2 Å². The predicted molar refractivity (Wildman–Crippen MR) is 122 cm³/mol. The number of piperazine rings is 1. The molecule has 1 aliphatic heterocycles. The van der Waals surface area contributed by atoms with Crippen molar-refractivity contribution in [3.8, 4) is 0 Å². The van der Waals surface area contributed by atoms with Crippen LogP contribution in [-0.4, -0.2) is 56.8 Å². The summed E-state index contributed by atoms with van der Waals surface area (Å²) < 4.78 is 16.0. The Morgan fingerprint density at radius 3 is 2.61 bits per heavy atom. The van der Waals surface area contributed by atoms with Gasteiger partial charge in [-0.3, -0.25) is 23.9 Å². The molecule has 1 saturated heterocycles. The molecule has 1 fully saturated rings. The minimum atomic E-state index is -0.649. The molecule has 2 amide bonds. The summed E-state index contributed by atoms with van der Waals surface area (Å²) >= 11 is 0. The largest absolute Gasteiger partial charge is 0.336 e. The number of carbonyl (C=O) groups excluding carboxylic acids is 2. The summed E-state index contributed by atoms with van der Waals surface area (Å²) in [4.78, 5) is 55.2. The number of aromatic nitrogens is 2. The number of nitrogens with one attached hydrogen (secondary N) is 1. The Hall–Kier alpha value is -3.75. The molecule has 0 aliphatic carbocycles. The van der Waals surface area contributed by atoms with Gasteiger partial charge in [0.15, 0.2) is 0 Å². The molecule has 1 N–H and O–H groups in total. The van der Waals surface area contributed by atoms with Crippen molar-refractivity contribution in [1.29, 1.82) is 0 Å². The lowest BCUT2D eigenvalue weighted by atomic mass is 10.1. The molecule has 1 atom stereocenters. The first kappa shape index (κ1) is 22.4. The Labute approximate surface area is 189 Å². The average molecular weight is 452 g/mol. The first-order valence-corrected chi connectivity index (χ1v) is 10.9. The molecule has 0 unspecified atom stereocenters. The van der Waals surface area contributed by atoms with Gasteiger partial charge in [0.1, 0.15) is 5.82 Å². The number of carbonyl (C=O) groups is 2. The van der Waals surface area contributed by atoms with Crippen LogP contribution in [0.5, 0.6) is 0 Å². The molecule has 1 aromatic heterocycles. The summed E-state index contributed by atoms with van der Waals surface area (Å²) in [6.07, 6.45) is 0.689. The van der Waals surface area contributed by atoms with Crippen molar-refractivity contribution < 1.29 is 14.0 Å². The first-order chi connectivity index (χ1) is 15.8. The number of para-hydroxylation sites is 1. The topological polar surface area (TPSA) is 95.5 Å². The lowest BCUT2D eigenvalue weighted by Crippen LogP contribution is -2.55. The average Bonchev–Trinajstić information content (AvgIpc) is 2.81. The molecule has 0 spiro atoms. The molecule has 33 heavy (non-hydrogen) atoms. The second-order valence-electron chi connectivity index (χ2n) is 8.20. The highest BCUT2D eigenvalue weighted by Gasteiger charge is 2.31. The van der Waals surface area contributed by atoms with Gasteiger partial charge >= 0.3 is 5.69 Å². The van der Waals surface area contributed by atoms with E-state index < -0.39 is 23.0 Å². The van der Waals surface area contributed by atoms with E-state index in [4.69, 9.17) is 0 Å². The van der Waals surface area contributed by atoms with Crippen LogP contribution >= 0.6 is 0 Å². The summed E-state index contributed by atoms with van der Waals surface area (Å²) in [5.41, 5.74) is -0.137. The van der Waals surface area contributed by atoms with Crippen LogP contribution in [0.15, 0.2) is 52.1 Å². The van der Waals surface area contributed by atoms with E-state index in [1.165, 1.54) is 29.7 Å². The zero-order chi connectivity index (χ0) is 23.7. The molecule has 2 aromatic carbocycles. The second-order valence-corrected chi connectivity index (χ2v) is 8.20. The maximum Gasteiger partial charge on any atom is 0.329 e. The summed E-state index contributed by atoms with van der Waals surface area (Å²) in [6, 6.07) is 10.8. The van der Waals surface area contributed by atoms with Crippen molar-refractivity contribution in [1.82, 2.24) is 19.4 Å². The Bertz CT molecular complexity index is 1350. The second kappa shape index (κ2) is 9.01. The Morgan fingerprint density at radius 2 is 1.88 bits per heavy atom. The van der Waals surface area contributed by atoms with Gasteiger partial charge in [-0.2, -0.15) is 0 Å². The highest BCUT2D eigenvalue weighted by atomic mass is 19.1. The zero-order valence-corrected chi connectivity index (χ0v) is 18.5. The van der Waals surface area contributed by atoms with E-state index in [0.29, 0.717) is 42.5 Å². The van der Waals surface area contributed by atoms with Gasteiger partial charge in [0.05, 0.1) is 23.0 Å². The number of hydrogen-bond acceptors (Lipinski definition) is 4. The number of benzene rings is 2. The fraction of sp³-hybridized carbons (Fsp3) is 0.333.